The predicted molar refractivity (Wildman–Crippen MR) is 37.8 cm³/mol. The SMILES string of the molecule is CC(C)=C/C=C(\N)C(F)(F)F. The molecule has 0 aliphatic rings. The number of allylic oxidation sites excluding steroid dienone is 4. The van der Waals surface area contributed by atoms with Crippen molar-refractivity contribution in [1.29, 1.82) is 0 Å². The van der Waals surface area contributed by atoms with Crippen molar-refractivity contribution in [3.05, 3.63) is 23.4 Å². The van der Waals surface area contributed by atoms with Crippen molar-refractivity contribution in [3.63, 3.8) is 0 Å². The zero-order chi connectivity index (χ0) is 9.07. The molecule has 0 spiro atoms. The topological polar surface area (TPSA) is 26.0 Å². The van der Waals surface area contributed by atoms with Crippen LogP contribution in [0.5, 0.6) is 0 Å². The number of rotatable bonds is 1. The molecule has 0 bridgehead atoms. The maximum absolute atomic E-state index is 11.7. The van der Waals surface area contributed by atoms with Gasteiger partial charge in [-0.1, -0.05) is 11.6 Å². The van der Waals surface area contributed by atoms with Crippen LogP contribution in [-0.4, -0.2) is 6.18 Å². The first-order valence-electron chi connectivity index (χ1n) is 3.02. The smallest absolute Gasteiger partial charge is 0.395 e. The zero-order valence-electron chi connectivity index (χ0n) is 6.37. The second kappa shape index (κ2) is 3.46. The number of hydrogen-bond acceptors (Lipinski definition) is 1. The van der Waals surface area contributed by atoms with E-state index in [1.165, 1.54) is 6.08 Å². The molecule has 0 aromatic heterocycles. The molecular weight excluding hydrogens is 155 g/mol. The first-order chi connectivity index (χ1) is 4.84. The van der Waals surface area contributed by atoms with E-state index in [2.05, 4.69) is 0 Å². The fraction of sp³-hybridized carbons (Fsp3) is 0.429. The Morgan fingerprint density at radius 3 is 1.91 bits per heavy atom. The summed E-state index contributed by atoms with van der Waals surface area (Å²) in [5, 5.41) is 0. The van der Waals surface area contributed by atoms with Crippen molar-refractivity contribution in [2.75, 3.05) is 0 Å². The van der Waals surface area contributed by atoms with Crippen LogP contribution >= 0.6 is 0 Å². The minimum atomic E-state index is -4.41. The van der Waals surface area contributed by atoms with Crippen LogP contribution in [0.4, 0.5) is 13.2 Å². The lowest BCUT2D eigenvalue weighted by molar-refractivity contribution is -0.0926. The van der Waals surface area contributed by atoms with Gasteiger partial charge in [0.25, 0.3) is 0 Å². The summed E-state index contributed by atoms with van der Waals surface area (Å²) < 4.78 is 35.0. The Labute approximate surface area is 63.4 Å². The molecule has 0 fully saturated rings. The van der Waals surface area contributed by atoms with Crippen LogP contribution < -0.4 is 5.73 Å². The first kappa shape index (κ1) is 10.1. The third-order valence-corrected chi connectivity index (χ3v) is 0.924. The summed E-state index contributed by atoms with van der Waals surface area (Å²) in [6.07, 6.45) is -2.23. The van der Waals surface area contributed by atoms with Crippen LogP contribution in [0.2, 0.25) is 0 Å². The Morgan fingerprint density at radius 2 is 1.64 bits per heavy atom. The molecular formula is C7H10F3N. The second-order valence-corrected chi connectivity index (χ2v) is 2.36. The fourth-order valence-electron chi connectivity index (χ4n) is 0.351. The molecule has 11 heavy (non-hydrogen) atoms. The number of hydrogen-bond donors (Lipinski definition) is 1. The summed E-state index contributed by atoms with van der Waals surface area (Å²) in [5.74, 6) is 0. The Hall–Kier alpha value is -0.930. The van der Waals surface area contributed by atoms with Gasteiger partial charge in [0.1, 0.15) is 5.70 Å². The number of alkyl halides is 3. The molecule has 64 valence electrons. The molecule has 0 aromatic carbocycles. The largest absolute Gasteiger partial charge is 0.430 e. The van der Waals surface area contributed by atoms with E-state index < -0.39 is 11.9 Å². The highest BCUT2D eigenvalue weighted by Crippen LogP contribution is 2.21. The normalized spacial score (nSPS) is 13.0. The minimum absolute atomic E-state index is 0.775. The zero-order valence-corrected chi connectivity index (χ0v) is 6.37. The van der Waals surface area contributed by atoms with E-state index in [1.807, 2.05) is 0 Å². The predicted octanol–water partition coefficient (Wildman–Crippen LogP) is 2.36. The van der Waals surface area contributed by atoms with E-state index >= 15 is 0 Å². The molecule has 0 amide bonds. The molecule has 0 saturated heterocycles. The monoisotopic (exact) mass is 165 g/mol. The van der Waals surface area contributed by atoms with Gasteiger partial charge >= 0.3 is 6.18 Å². The summed E-state index contributed by atoms with van der Waals surface area (Å²) in [5.41, 5.74) is 4.40. The highest BCUT2D eigenvalue weighted by molar-refractivity contribution is 5.16. The van der Waals surface area contributed by atoms with Crippen LogP contribution in [0, 0.1) is 0 Å². The van der Waals surface area contributed by atoms with Gasteiger partial charge in [0.15, 0.2) is 0 Å². The molecule has 0 aliphatic carbocycles. The van der Waals surface area contributed by atoms with Crippen molar-refractivity contribution in [2.24, 2.45) is 5.73 Å². The van der Waals surface area contributed by atoms with Gasteiger partial charge in [-0.2, -0.15) is 13.2 Å². The highest BCUT2D eigenvalue weighted by Gasteiger charge is 2.30. The van der Waals surface area contributed by atoms with Gasteiger partial charge in [-0.3, -0.25) is 0 Å². The van der Waals surface area contributed by atoms with Gasteiger partial charge in [-0.15, -0.1) is 0 Å². The third kappa shape index (κ3) is 4.47. The minimum Gasteiger partial charge on any atom is -0.395 e. The van der Waals surface area contributed by atoms with Crippen LogP contribution in [0.1, 0.15) is 13.8 Å². The van der Waals surface area contributed by atoms with Crippen LogP contribution in [-0.2, 0) is 0 Å². The average molecular weight is 165 g/mol. The quantitative estimate of drug-likeness (QED) is 0.593. The molecule has 0 heterocycles. The highest BCUT2D eigenvalue weighted by atomic mass is 19.4. The molecule has 1 nitrogen and oxygen atoms in total. The van der Waals surface area contributed by atoms with Gasteiger partial charge in [0, 0.05) is 0 Å². The maximum Gasteiger partial charge on any atom is 0.430 e. The molecule has 2 N–H and O–H groups in total. The van der Waals surface area contributed by atoms with E-state index in [0.717, 1.165) is 11.6 Å². The molecule has 0 aromatic rings. The van der Waals surface area contributed by atoms with Crippen molar-refractivity contribution < 1.29 is 13.2 Å². The lowest BCUT2D eigenvalue weighted by Gasteiger charge is -2.03. The lowest BCUT2D eigenvalue weighted by Crippen LogP contribution is -2.18. The molecule has 0 saturated carbocycles. The van der Waals surface area contributed by atoms with E-state index in [9.17, 15) is 13.2 Å². The van der Waals surface area contributed by atoms with Gasteiger partial charge in [0.2, 0.25) is 0 Å². The Bertz CT molecular complexity index is 184. The summed E-state index contributed by atoms with van der Waals surface area (Å²) >= 11 is 0. The third-order valence-electron chi connectivity index (χ3n) is 0.924. The van der Waals surface area contributed by atoms with Gasteiger partial charge in [0.05, 0.1) is 0 Å². The summed E-state index contributed by atoms with van der Waals surface area (Å²) in [4.78, 5) is 0. The molecule has 0 unspecified atom stereocenters. The summed E-state index contributed by atoms with van der Waals surface area (Å²) in [6.45, 7) is 3.39. The van der Waals surface area contributed by atoms with E-state index in [0.29, 0.717) is 0 Å². The molecule has 0 radical (unpaired) electrons. The number of nitrogens with two attached hydrogens (primary N) is 1. The van der Waals surface area contributed by atoms with Crippen molar-refractivity contribution >= 4 is 0 Å². The van der Waals surface area contributed by atoms with E-state index in [4.69, 9.17) is 5.73 Å². The van der Waals surface area contributed by atoms with E-state index in [1.54, 1.807) is 13.8 Å². The molecule has 0 atom stereocenters. The molecule has 0 rings (SSSR count). The maximum atomic E-state index is 11.7. The summed E-state index contributed by atoms with van der Waals surface area (Å²) in [6, 6.07) is 0. The first-order valence-corrected chi connectivity index (χ1v) is 3.02. The van der Waals surface area contributed by atoms with E-state index in [-0.39, 0.29) is 0 Å². The van der Waals surface area contributed by atoms with Crippen molar-refractivity contribution in [2.45, 2.75) is 20.0 Å². The van der Waals surface area contributed by atoms with Crippen LogP contribution in [0.3, 0.4) is 0 Å². The van der Waals surface area contributed by atoms with Crippen LogP contribution in [0.15, 0.2) is 23.4 Å². The lowest BCUT2D eigenvalue weighted by atomic mass is 10.3. The fourth-order valence-corrected chi connectivity index (χ4v) is 0.351. The van der Waals surface area contributed by atoms with Crippen LogP contribution in [0.25, 0.3) is 0 Å². The van der Waals surface area contributed by atoms with Gasteiger partial charge in [-0.25, -0.2) is 0 Å². The van der Waals surface area contributed by atoms with Crippen molar-refractivity contribution in [3.8, 4) is 0 Å². The Kier molecular flexibility index (Phi) is 3.17. The second-order valence-electron chi connectivity index (χ2n) is 2.36. The average Bonchev–Trinajstić information content (AvgIpc) is 1.80. The van der Waals surface area contributed by atoms with Crippen molar-refractivity contribution in [1.82, 2.24) is 0 Å². The van der Waals surface area contributed by atoms with Gasteiger partial charge < -0.3 is 5.73 Å². The molecule has 0 aliphatic heterocycles. The Morgan fingerprint density at radius 1 is 1.18 bits per heavy atom. The standard InChI is InChI=1S/C7H10F3N/c1-5(2)3-4-6(11)7(8,9)10/h3-4H,11H2,1-2H3/b6-4-. The van der Waals surface area contributed by atoms with Gasteiger partial charge in [-0.05, 0) is 19.9 Å². The summed E-state index contributed by atoms with van der Waals surface area (Å²) in [7, 11) is 0. The molecule has 4 heteroatoms. The Balaban J connectivity index is 4.36. The number of halogens is 3.